The molecular formula is C9H5ClIN. The van der Waals surface area contributed by atoms with E-state index in [1.54, 1.807) is 6.20 Å². The fourth-order valence-corrected chi connectivity index (χ4v) is 2.28. The monoisotopic (exact) mass is 289 g/mol. The molecule has 2 aromatic rings. The zero-order valence-electron chi connectivity index (χ0n) is 6.09. The number of fused-ring (bicyclic) bond motifs is 1. The SMILES string of the molecule is Clc1cccc2nccc(I)c12. The van der Waals surface area contributed by atoms with E-state index < -0.39 is 0 Å². The Kier molecular flexibility index (Phi) is 2.19. The number of halogens is 2. The molecule has 0 aliphatic heterocycles. The van der Waals surface area contributed by atoms with Gasteiger partial charge in [0.05, 0.1) is 10.5 Å². The standard InChI is InChI=1S/C9H5ClIN/c10-6-2-1-3-8-9(6)7(11)4-5-12-8/h1-5H. The van der Waals surface area contributed by atoms with Crippen molar-refractivity contribution in [3.63, 3.8) is 0 Å². The van der Waals surface area contributed by atoms with Gasteiger partial charge in [0.1, 0.15) is 0 Å². The van der Waals surface area contributed by atoms with Crippen molar-refractivity contribution in [1.29, 1.82) is 0 Å². The fourth-order valence-electron chi connectivity index (χ4n) is 1.12. The van der Waals surface area contributed by atoms with Gasteiger partial charge in [-0.2, -0.15) is 0 Å². The molecule has 12 heavy (non-hydrogen) atoms. The van der Waals surface area contributed by atoms with Crippen molar-refractivity contribution in [3.05, 3.63) is 39.1 Å². The van der Waals surface area contributed by atoms with Gasteiger partial charge >= 0.3 is 0 Å². The lowest BCUT2D eigenvalue weighted by Gasteiger charge is -2.00. The molecule has 1 aromatic carbocycles. The van der Waals surface area contributed by atoms with Crippen LogP contribution in [0, 0.1) is 3.57 Å². The Balaban J connectivity index is 2.96. The van der Waals surface area contributed by atoms with Crippen molar-refractivity contribution in [2.24, 2.45) is 0 Å². The van der Waals surface area contributed by atoms with E-state index >= 15 is 0 Å². The van der Waals surface area contributed by atoms with Crippen LogP contribution in [0.1, 0.15) is 0 Å². The maximum Gasteiger partial charge on any atom is 0.0727 e. The zero-order valence-corrected chi connectivity index (χ0v) is 9.00. The maximum absolute atomic E-state index is 6.02. The molecule has 0 aliphatic rings. The summed E-state index contributed by atoms with van der Waals surface area (Å²) in [7, 11) is 0. The predicted octanol–water partition coefficient (Wildman–Crippen LogP) is 3.49. The first-order chi connectivity index (χ1) is 5.79. The molecule has 0 saturated heterocycles. The van der Waals surface area contributed by atoms with E-state index in [-0.39, 0.29) is 0 Å². The van der Waals surface area contributed by atoms with Crippen molar-refractivity contribution < 1.29 is 0 Å². The molecule has 60 valence electrons. The first kappa shape index (κ1) is 8.26. The molecule has 1 aromatic heterocycles. The van der Waals surface area contributed by atoms with Crippen molar-refractivity contribution in [3.8, 4) is 0 Å². The highest BCUT2D eigenvalue weighted by Crippen LogP contribution is 2.25. The topological polar surface area (TPSA) is 12.9 Å². The van der Waals surface area contributed by atoms with E-state index in [0.29, 0.717) is 0 Å². The number of benzene rings is 1. The summed E-state index contributed by atoms with van der Waals surface area (Å²) in [5.74, 6) is 0. The lowest BCUT2D eigenvalue weighted by atomic mass is 10.2. The second kappa shape index (κ2) is 3.18. The molecule has 0 saturated carbocycles. The van der Waals surface area contributed by atoms with E-state index in [2.05, 4.69) is 27.6 Å². The highest BCUT2D eigenvalue weighted by Gasteiger charge is 2.01. The average molecular weight is 290 g/mol. The molecule has 0 N–H and O–H groups in total. The molecule has 0 atom stereocenters. The molecule has 2 rings (SSSR count). The van der Waals surface area contributed by atoms with Crippen molar-refractivity contribution >= 4 is 45.1 Å². The highest BCUT2D eigenvalue weighted by molar-refractivity contribution is 14.1. The minimum atomic E-state index is 0.769. The molecule has 0 unspecified atom stereocenters. The van der Waals surface area contributed by atoms with Gasteiger partial charge in [0.25, 0.3) is 0 Å². The van der Waals surface area contributed by atoms with Crippen molar-refractivity contribution in [2.75, 3.05) is 0 Å². The number of hydrogen-bond donors (Lipinski definition) is 0. The van der Waals surface area contributed by atoms with E-state index in [4.69, 9.17) is 11.6 Å². The smallest absolute Gasteiger partial charge is 0.0727 e. The molecule has 0 amide bonds. The second-order valence-corrected chi connectivity index (χ2v) is 4.00. The Bertz CT molecular complexity index is 391. The summed E-state index contributed by atoms with van der Waals surface area (Å²) >= 11 is 8.28. The van der Waals surface area contributed by atoms with Crippen molar-refractivity contribution in [2.45, 2.75) is 0 Å². The fraction of sp³-hybridized carbons (Fsp3) is 0. The van der Waals surface area contributed by atoms with Crippen LogP contribution in [0.3, 0.4) is 0 Å². The average Bonchev–Trinajstić information content (AvgIpc) is 2.04. The number of aromatic nitrogens is 1. The van der Waals surface area contributed by atoms with Gasteiger partial charge in [-0.05, 0) is 40.8 Å². The summed E-state index contributed by atoms with van der Waals surface area (Å²) in [5.41, 5.74) is 0.953. The molecule has 3 heteroatoms. The summed E-state index contributed by atoms with van der Waals surface area (Å²) in [4.78, 5) is 4.21. The van der Waals surface area contributed by atoms with Crippen LogP contribution >= 0.6 is 34.2 Å². The third kappa shape index (κ3) is 1.29. The molecular weight excluding hydrogens is 284 g/mol. The van der Waals surface area contributed by atoms with E-state index in [0.717, 1.165) is 19.5 Å². The van der Waals surface area contributed by atoms with Crippen LogP contribution in [0.15, 0.2) is 30.5 Å². The number of nitrogens with zero attached hydrogens (tertiary/aromatic N) is 1. The third-order valence-electron chi connectivity index (χ3n) is 1.66. The van der Waals surface area contributed by atoms with Crippen LogP contribution in [0.4, 0.5) is 0 Å². The largest absolute Gasteiger partial charge is 0.256 e. The first-order valence-corrected chi connectivity index (χ1v) is 4.93. The van der Waals surface area contributed by atoms with Crippen LogP contribution in [-0.2, 0) is 0 Å². The van der Waals surface area contributed by atoms with Gasteiger partial charge in [-0.15, -0.1) is 0 Å². The summed E-state index contributed by atoms with van der Waals surface area (Å²) in [6, 6.07) is 7.71. The maximum atomic E-state index is 6.02. The van der Waals surface area contributed by atoms with E-state index in [1.165, 1.54) is 0 Å². The Hall–Kier alpha value is -0.350. The minimum Gasteiger partial charge on any atom is -0.256 e. The predicted molar refractivity (Wildman–Crippen MR) is 59.5 cm³/mol. The summed E-state index contributed by atoms with van der Waals surface area (Å²) in [6.45, 7) is 0. The highest BCUT2D eigenvalue weighted by atomic mass is 127. The van der Waals surface area contributed by atoms with Crippen LogP contribution < -0.4 is 0 Å². The van der Waals surface area contributed by atoms with Gasteiger partial charge < -0.3 is 0 Å². The summed E-state index contributed by atoms with van der Waals surface area (Å²) in [5, 5.41) is 1.81. The van der Waals surface area contributed by atoms with Crippen LogP contribution in [0.5, 0.6) is 0 Å². The number of pyridine rings is 1. The number of rotatable bonds is 0. The normalized spacial score (nSPS) is 10.5. The van der Waals surface area contributed by atoms with Crippen molar-refractivity contribution in [1.82, 2.24) is 4.98 Å². The van der Waals surface area contributed by atoms with E-state index in [9.17, 15) is 0 Å². The zero-order chi connectivity index (χ0) is 8.55. The molecule has 1 nitrogen and oxygen atoms in total. The van der Waals surface area contributed by atoms with Gasteiger partial charge in [0, 0.05) is 15.2 Å². The Morgan fingerprint density at radius 3 is 2.83 bits per heavy atom. The molecule has 1 heterocycles. The summed E-state index contributed by atoms with van der Waals surface area (Å²) < 4.78 is 1.14. The quantitative estimate of drug-likeness (QED) is 0.677. The van der Waals surface area contributed by atoms with Crippen LogP contribution in [-0.4, -0.2) is 4.98 Å². The van der Waals surface area contributed by atoms with E-state index in [1.807, 2.05) is 24.3 Å². The minimum absolute atomic E-state index is 0.769. The van der Waals surface area contributed by atoms with Crippen LogP contribution in [0.2, 0.25) is 5.02 Å². The molecule has 0 spiro atoms. The first-order valence-electron chi connectivity index (χ1n) is 3.48. The van der Waals surface area contributed by atoms with Gasteiger partial charge in [-0.1, -0.05) is 17.7 Å². The Morgan fingerprint density at radius 2 is 2.08 bits per heavy atom. The molecule has 0 aliphatic carbocycles. The molecule has 0 fully saturated rings. The lowest BCUT2D eigenvalue weighted by Crippen LogP contribution is -1.81. The summed E-state index contributed by atoms with van der Waals surface area (Å²) in [6.07, 6.45) is 1.79. The third-order valence-corrected chi connectivity index (χ3v) is 2.88. The Morgan fingerprint density at radius 1 is 1.25 bits per heavy atom. The number of hydrogen-bond acceptors (Lipinski definition) is 1. The van der Waals surface area contributed by atoms with Gasteiger partial charge in [-0.3, -0.25) is 4.98 Å². The van der Waals surface area contributed by atoms with Gasteiger partial charge in [0.2, 0.25) is 0 Å². The molecule has 0 bridgehead atoms. The lowest BCUT2D eigenvalue weighted by molar-refractivity contribution is 1.40. The molecule has 0 radical (unpaired) electrons. The van der Waals surface area contributed by atoms with Gasteiger partial charge in [-0.25, -0.2) is 0 Å². The second-order valence-electron chi connectivity index (χ2n) is 2.43. The van der Waals surface area contributed by atoms with Gasteiger partial charge in [0.15, 0.2) is 0 Å². The van der Waals surface area contributed by atoms with Crippen LogP contribution in [0.25, 0.3) is 10.9 Å². The Labute approximate surface area is 88.9 Å².